The molecule has 3 nitrogen and oxygen atoms in total. The fourth-order valence-electron chi connectivity index (χ4n) is 2.07. The molecule has 1 aromatic carbocycles. The Morgan fingerprint density at radius 3 is 2.74 bits per heavy atom. The lowest BCUT2D eigenvalue weighted by molar-refractivity contribution is 0.503. The first kappa shape index (κ1) is 14.2. The average molecular weight is 323 g/mol. The number of rotatable bonds is 6. The lowest BCUT2D eigenvalue weighted by Crippen LogP contribution is -2.21. The Labute approximate surface area is 122 Å². The van der Waals surface area contributed by atoms with Gasteiger partial charge in [-0.05, 0) is 49.7 Å². The van der Waals surface area contributed by atoms with Crippen molar-refractivity contribution in [1.29, 1.82) is 0 Å². The van der Waals surface area contributed by atoms with Gasteiger partial charge < -0.3 is 15.1 Å². The third kappa shape index (κ3) is 3.61. The summed E-state index contributed by atoms with van der Waals surface area (Å²) in [5, 5.41) is 0. The maximum Gasteiger partial charge on any atom is 0.123 e. The van der Waals surface area contributed by atoms with E-state index in [9.17, 15) is 0 Å². The number of hydrogen-bond acceptors (Lipinski definition) is 3. The van der Waals surface area contributed by atoms with Gasteiger partial charge >= 0.3 is 0 Å². The van der Waals surface area contributed by atoms with Gasteiger partial charge in [-0.2, -0.15) is 0 Å². The molecule has 0 radical (unpaired) electrons. The summed E-state index contributed by atoms with van der Waals surface area (Å²) in [4.78, 5) is 2.27. The van der Waals surface area contributed by atoms with Crippen LogP contribution in [0.5, 0.6) is 0 Å². The summed E-state index contributed by atoms with van der Waals surface area (Å²) in [6, 6.07) is 10.3. The molecule has 2 rings (SSSR count). The predicted octanol–water partition coefficient (Wildman–Crippen LogP) is 3.57. The van der Waals surface area contributed by atoms with E-state index in [4.69, 9.17) is 10.2 Å². The van der Waals surface area contributed by atoms with E-state index in [0.29, 0.717) is 6.54 Å². The van der Waals surface area contributed by atoms with Crippen LogP contribution in [-0.2, 0) is 13.0 Å². The zero-order valence-electron chi connectivity index (χ0n) is 11.1. The van der Waals surface area contributed by atoms with Gasteiger partial charge in [0, 0.05) is 16.7 Å². The van der Waals surface area contributed by atoms with Crippen molar-refractivity contribution in [2.45, 2.75) is 19.9 Å². The normalized spacial score (nSPS) is 10.7. The van der Waals surface area contributed by atoms with Crippen LogP contribution in [0.1, 0.15) is 18.2 Å². The van der Waals surface area contributed by atoms with E-state index >= 15 is 0 Å². The quantitative estimate of drug-likeness (QED) is 0.884. The number of hydrogen-bond donors (Lipinski definition) is 1. The Hall–Kier alpha value is -1.26. The largest absolute Gasteiger partial charge is 0.467 e. The van der Waals surface area contributed by atoms with Crippen molar-refractivity contribution in [1.82, 2.24) is 0 Å². The Bertz CT molecular complexity index is 511. The SMILES string of the molecule is CCN(Cc1ccco1)c1ccc(CCN)c(Br)c1. The molecule has 0 aliphatic carbocycles. The number of anilines is 1. The van der Waals surface area contributed by atoms with Crippen LogP contribution >= 0.6 is 15.9 Å². The van der Waals surface area contributed by atoms with Gasteiger partial charge in [-0.25, -0.2) is 0 Å². The zero-order chi connectivity index (χ0) is 13.7. The minimum absolute atomic E-state index is 0.668. The molecule has 0 saturated heterocycles. The average Bonchev–Trinajstić information content (AvgIpc) is 2.91. The topological polar surface area (TPSA) is 42.4 Å². The van der Waals surface area contributed by atoms with Gasteiger partial charge in [0.25, 0.3) is 0 Å². The molecule has 0 aliphatic heterocycles. The first-order chi connectivity index (χ1) is 9.24. The number of nitrogens with two attached hydrogens (primary N) is 1. The zero-order valence-corrected chi connectivity index (χ0v) is 12.7. The van der Waals surface area contributed by atoms with E-state index < -0.39 is 0 Å². The summed E-state index contributed by atoms with van der Waals surface area (Å²) in [6.07, 6.45) is 2.61. The summed E-state index contributed by atoms with van der Waals surface area (Å²) in [7, 11) is 0. The highest BCUT2D eigenvalue weighted by Crippen LogP contribution is 2.25. The number of halogens is 1. The van der Waals surface area contributed by atoms with Crippen LogP contribution in [0.25, 0.3) is 0 Å². The molecule has 102 valence electrons. The van der Waals surface area contributed by atoms with E-state index in [1.165, 1.54) is 11.3 Å². The number of furan rings is 1. The summed E-state index contributed by atoms with van der Waals surface area (Å²) < 4.78 is 6.53. The van der Waals surface area contributed by atoms with E-state index in [0.717, 1.165) is 29.7 Å². The first-order valence-electron chi connectivity index (χ1n) is 6.50. The first-order valence-corrected chi connectivity index (χ1v) is 7.29. The molecule has 1 aromatic heterocycles. The van der Waals surface area contributed by atoms with Crippen molar-refractivity contribution in [3.63, 3.8) is 0 Å². The molecule has 0 saturated carbocycles. The molecular formula is C15H19BrN2O. The van der Waals surface area contributed by atoms with Crippen molar-refractivity contribution in [2.24, 2.45) is 5.73 Å². The van der Waals surface area contributed by atoms with Gasteiger partial charge in [0.2, 0.25) is 0 Å². The van der Waals surface area contributed by atoms with Crippen molar-refractivity contribution in [2.75, 3.05) is 18.0 Å². The third-order valence-electron chi connectivity index (χ3n) is 3.12. The van der Waals surface area contributed by atoms with Gasteiger partial charge in [-0.15, -0.1) is 0 Å². The summed E-state index contributed by atoms with van der Waals surface area (Å²) in [6.45, 7) is 4.53. The fraction of sp³-hybridized carbons (Fsp3) is 0.333. The summed E-state index contributed by atoms with van der Waals surface area (Å²) >= 11 is 3.62. The third-order valence-corrected chi connectivity index (χ3v) is 3.86. The molecule has 0 bridgehead atoms. The van der Waals surface area contributed by atoms with E-state index in [2.05, 4.69) is 46.0 Å². The molecule has 4 heteroatoms. The molecule has 0 amide bonds. The lowest BCUT2D eigenvalue weighted by atomic mass is 10.1. The molecular weight excluding hydrogens is 304 g/mol. The lowest BCUT2D eigenvalue weighted by Gasteiger charge is -2.22. The van der Waals surface area contributed by atoms with E-state index in [-0.39, 0.29) is 0 Å². The molecule has 0 atom stereocenters. The van der Waals surface area contributed by atoms with Gasteiger partial charge in [-0.3, -0.25) is 0 Å². The van der Waals surface area contributed by atoms with Crippen molar-refractivity contribution >= 4 is 21.6 Å². The molecule has 0 fully saturated rings. The van der Waals surface area contributed by atoms with Gasteiger partial charge in [0.05, 0.1) is 12.8 Å². The Balaban J connectivity index is 2.16. The summed E-state index contributed by atoms with van der Waals surface area (Å²) in [5.41, 5.74) is 8.04. The molecule has 2 N–H and O–H groups in total. The predicted molar refractivity (Wildman–Crippen MR) is 82.3 cm³/mol. The standard InChI is InChI=1S/C15H19BrN2O/c1-2-18(11-14-4-3-9-19-14)13-6-5-12(7-8-17)15(16)10-13/h3-6,9-10H,2,7-8,11,17H2,1H3. The molecule has 1 heterocycles. The van der Waals surface area contributed by atoms with Gasteiger partial charge in [0.15, 0.2) is 0 Å². The van der Waals surface area contributed by atoms with Crippen LogP contribution in [-0.4, -0.2) is 13.1 Å². The summed E-state index contributed by atoms with van der Waals surface area (Å²) in [5.74, 6) is 0.976. The van der Waals surface area contributed by atoms with Crippen LogP contribution < -0.4 is 10.6 Å². The van der Waals surface area contributed by atoms with Crippen LogP contribution in [0.4, 0.5) is 5.69 Å². The maximum atomic E-state index is 5.60. The van der Waals surface area contributed by atoms with Crippen LogP contribution in [0.2, 0.25) is 0 Å². The van der Waals surface area contributed by atoms with Crippen LogP contribution in [0.3, 0.4) is 0 Å². The second-order valence-electron chi connectivity index (χ2n) is 4.41. The second kappa shape index (κ2) is 6.78. The highest BCUT2D eigenvalue weighted by atomic mass is 79.9. The number of nitrogens with zero attached hydrogens (tertiary/aromatic N) is 1. The Kier molecular flexibility index (Phi) is 5.05. The number of benzene rings is 1. The molecule has 0 unspecified atom stereocenters. The van der Waals surface area contributed by atoms with Crippen LogP contribution in [0, 0.1) is 0 Å². The highest BCUT2D eigenvalue weighted by molar-refractivity contribution is 9.10. The van der Waals surface area contributed by atoms with E-state index in [1.54, 1.807) is 6.26 Å². The Morgan fingerprint density at radius 2 is 2.16 bits per heavy atom. The monoisotopic (exact) mass is 322 g/mol. The minimum atomic E-state index is 0.668. The van der Waals surface area contributed by atoms with Gasteiger partial charge in [0.1, 0.15) is 5.76 Å². The molecule has 0 aliphatic rings. The second-order valence-corrected chi connectivity index (χ2v) is 5.26. The maximum absolute atomic E-state index is 5.60. The smallest absolute Gasteiger partial charge is 0.123 e. The van der Waals surface area contributed by atoms with Crippen molar-refractivity contribution in [3.8, 4) is 0 Å². The molecule has 19 heavy (non-hydrogen) atoms. The van der Waals surface area contributed by atoms with Crippen molar-refractivity contribution < 1.29 is 4.42 Å². The Morgan fingerprint density at radius 1 is 1.32 bits per heavy atom. The molecule has 0 spiro atoms. The highest BCUT2D eigenvalue weighted by Gasteiger charge is 2.09. The van der Waals surface area contributed by atoms with Crippen LogP contribution in [0.15, 0.2) is 45.5 Å². The minimum Gasteiger partial charge on any atom is -0.467 e. The fourth-order valence-corrected chi connectivity index (χ4v) is 2.63. The van der Waals surface area contributed by atoms with E-state index in [1.807, 2.05) is 12.1 Å². The molecule has 2 aromatic rings. The van der Waals surface area contributed by atoms with Gasteiger partial charge in [-0.1, -0.05) is 22.0 Å². The van der Waals surface area contributed by atoms with Crippen molar-refractivity contribution in [3.05, 3.63) is 52.4 Å².